The summed E-state index contributed by atoms with van der Waals surface area (Å²) in [7, 11) is 2.10. The van der Waals surface area contributed by atoms with Gasteiger partial charge >= 0.3 is 0 Å². The molecule has 0 bridgehead atoms. The van der Waals surface area contributed by atoms with Crippen LogP contribution in [0.2, 0.25) is 0 Å². The van der Waals surface area contributed by atoms with E-state index in [4.69, 9.17) is 5.10 Å². The predicted octanol–water partition coefficient (Wildman–Crippen LogP) is 3.97. The lowest BCUT2D eigenvalue weighted by Crippen LogP contribution is -2.31. The first kappa shape index (κ1) is 12.4. The average molecular weight is 306 g/mol. The summed E-state index contributed by atoms with van der Waals surface area (Å²) in [6.45, 7) is 4.30. The Bertz CT molecular complexity index is 1070. The van der Waals surface area contributed by atoms with Crippen molar-refractivity contribution in [3.05, 3.63) is 47.8 Å². The third-order valence-corrected chi connectivity index (χ3v) is 6.01. The Labute approximate surface area is 132 Å². The monoisotopic (exact) mass is 306 g/mol. The van der Waals surface area contributed by atoms with Crippen LogP contribution in [-0.4, -0.2) is 9.78 Å². The van der Waals surface area contributed by atoms with E-state index < -0.39 is 0 Å². The Balaban J connectivity index is 1.91. The van der Waals surface area contributed by atoms with Gasteiger partial charge in [-0.1, -0.05) is 18.2 Å². The fourth-order valence-electron chi connectivity index (χ4n) is 3.61. The van der Waals surface area contributed by atoms with E-state index in [-0.39, 0.29) is 0 Å². The van der Waals surface area contributed by atoms with Crippen molar-refractivity contribution in [2.75, 3.05) is 0 Å². The zero-order valence-electron chi connectivity index (χ0n) is 12.8. The predicted molar refractivity (Wildman–Crippen MR) is 90.3 cm³/mol. The molecule has 0 radical (unpaired) electrons. The summed E-state index contributed by atoms with van der Waals surface area (Å²) < 4.78 is 7.08. The lowest BCUT2D eigenvalue weighted by atomic mass is 10.0. The molecule has 4 heteroatoms. The summed E-state index contributed by atoms with van der Waals surface area (Å²) in [5.74, 6) is 2.28. The number of aromatic nitrogens is 3. The second kappa shape index (κ2) is 3.96. The summed E-state index contributed by atoms with van der Waals surface area (Å²) in [6.07, 6.45) is 0. The van der Waals surface area contributed by atoms with Gasteiger partial charge in [0.15, 0.2) is 0 Å². The van der Waals surface area contributed by atoms with E-state index >= 15 is 0 Å². The highest BCUT2D eigenvalue weighted by molar-refractivity contribution is 7.25. The number of hydrogen-bond donors (Lipinski definition) is 0. The zero-order chi connectivity index (χ0) is 15.0. The molecule has 2 aromatic heterocycles. The van der Waals surface area contributed by atoms with Crippen molar-refractivity contribution in [2.45, 2.75) is 19.9 Å². The van der Waals surface area contributed by atoms with Crippen LogP contribution in [0.1, 0.15) is 24.4 Å². The van der Waals surface area contributed by atoms with Crippen molar-refractivity contribution in [2.24, 2.45) is 7.05 Å². The molecule has 1 aliphatic heterocycles. The molecule has 108 valence electrons. The van der Waals surface area contributed by atoms with Crippen LogP contribution in [0.25, 0.3) is 31.6 Å². The zero-order valence-corrected chi connectivity index (χ0v) is 13.6. The number of fused-ring (bicyclic) bond motifs is 6. The van der Waals surface area contributed by atoms with Crippen molar-refractivity contribution in [3.8, 4) is 11.4 Å². The van der Waals surface area contributed by atoms with Gasteiger partial charge in [0, 0.05) is 37.8 Å². The molecule has 4 aromatic rings. The van der Waals surface area contributed by atoms with Gasteiger partial charge in [-0.05, 0) is 25.1 Å². The van der Waals surface area contributed by atoms with Crippen LogP contribution in [0, 0.1) is 6.92 Å². The SMILES string of the molecule is Cc1nn2c([n+]1C)-c1cc3sc4ccccc4c3cc1C2C. The lowest BCUT2D eigenvalue weighted by molar-refractivity contribution is -0.667. The molecule has 0 saturated heterocycles. The Hall–Kier alpha value is -2.20. The van der Waals surface area contributed by atoms with Gasteiger partial charge in [0.25, 0.3) is 11.6 Å². The highest BCUT2D eigenvalue weighted by Gasteiger charge is 2.37. The van der Waals surface area contributed by atoms with Gasteiger partial charge < -0.3 is 0 Å². The van der Waals surface area contributed by atoms with E-state index in [0.29, 0.717) is 6.04 Å². The quantitative estimate of drug-likeness (QED) is 0.450. The first-order valence-corrected chi connectivity index (χ1v) is 8.37. The normalized spacial score (nSPS) is 16.4. The van der Waals surface area contributed by atoms with Crippen molar-refractivity contribution >= 4 is 31.5 Å². The van der Waals surface area contributed by atoms with Crippen LogP contribution in [0.5, 0.6) is 0 Å². The molecule has 0 fully saturated rings. The Kier molecular flexibility index (Phi) is 2.22. The molecule has 0 aliphatic carbocycles. The molecule has 0 N–H and O–H groups in total. The molecule has 0 saturated carbocycles. The van der Waals surface area contributed by atoms with E-state index in [2.05, 4.69) is 66.5 Å². The van der Waals surface area contributed by atoms with E-state index in [1.54, 1.807) is 0 Å². The van der Waals surface area contributed by atoms with Crippen molar-refractivity contribution < 1.29 is 4.57 Å². The largest absolute Gasteiger partial charge is 0.274 e. The molecular weight excluding hydrogens is 290 g/mol. The van der Waals surface area contributed by atoms with E-state index in [1.165, 1.54) is 37.1 Å². The highest BCUT2D eigenvalue weighted by Crippen LogP contribution is 2.43. The second-order valence-corrected chi connectivity index (χ2v) is 7.17. The summed E-state index contributed by atoms with van der Waals surface area (Å²) in [4.78, 5) is 0. The number of thiophene rings is 1. The van der Waals surface area contributed by atoms with Crippen LogP contribution in [0.15, 0.2) is 36.4 Å². The average Bonchev–Trinajstić information content (AvgIpc) is 3.11. The molecule has 1 unspecified atom stereocenters. The molecule has 1 aliphatic rings. The van der Waals surface area contributed by atoms with Crippen molar-refractivity contribution in [1.29, 1.82) is 0 Å². The summed E-state index contributed by atoms with van der Waals surface area (Å²) >= 11 is 1.88. The molecule has 3 nitrogen and oxygen atoms in total. The first-order valence-electron chi connectivity index (χ1n) is 7.56. The molecule has 3 heterocycles. The topological polar surface area (TPSA) is 21.7 Å². The Morgan fingerprint density at radius 1 is 1.14 bits per heavy atom. The van der Waals surface area contributed by atoms with Gasteiger partial charge in [-0.15, -0.1) is 16.0 Å². The minimum absolute atomic E-state index is 0.299. The maximum Gasteiger partial charge on any atom is 0.274 e. The molecular formula is C18H16N3S+. The minimum atomic E-state index is 0.299. The molecule has 0 amide bonds. The Morgan fingerprint density at radius 3 is 2.82 bits per heavy atom. The first-order chi connectivity index (χ1) is 10.6. The number of rotatable bonds is 0. The van der Waals surface area contributed by atoms with Crippen LogP contribution in [0.4, 0.5) is 0 Å². The second-order valence-electron chi connectivity index (χ2n) is 6.08. The van der Waals surface area contributed by atoms with Gasteiger partial charge in [-0.2, -0.15) is 0 Å². The number of hydrogen-bond acceptors (Lipinski definition) is 2. The lowest BCUT2D eigenvalue weighted by Gasteiger charge is -2.02. The van der Waals surface area contributed by atoms with E-state index in [1.807, 2.05) is 11.3 Å². The fourth-order valence-corrected chi connectivity index (χ4v) is 4.74. The summed E-state index contributed by atoms with van der Waals surface area (Å²) in [5.41, 5.74) is 2.71. The molecule has 0 spiro atoms. The van der Waals surface area contributed by atoms with Crippen LogP contribution >= 0.6 is 11.3 Å². The maximum absolute atomic E-state index is 4.71. The minimum Gasteiger partial charge on any atom is -0.231 e. The number of aryl methyl sites for hydroxylation is 1. The maximum atomic E-state index is 4.71. The summed E-state index contributed by atoms with van der Waals surface area (Å²) in [6, 6.07) is 13.7. The van der Waals surface area contributed by atoms with Crippen molar-refractivity contribution in [3.63, 3.8) is 0 Å². The van der Waals surface area contributed by atoms with Gasteiger partial charge in [-0.25, -0.2) is 4.57 Å². The highest BCUT2D eigenvalue weighted by atomic mass is 32.1. The van der Waals surface area contributed by atoms with Gasteiger partial charge in [-0.3, -0.25) is 0 Å². The van der Waals surface area contributed by atoms with Crippen LogP contribution in [-0.2, 0) is 7.05 Å². The molecule has 2 aromatic carbocycles. The third kappa shape index (κ3) is 1.36. The number of benzene rings is 2. The summed E-state index contributed by atoms with van der Waals surface area (Å²) in [5, 5.41) is 7.44. The standard InChI is InChI=1S/C18H16N3S/c1-10-13-8-14-12-6-4-5-7-16(12)22-17(14)9-15(13)18-20(3)11(2)19-21(10)18/h4-10H,1-3H3/q+1. The van der Waals surface area contributed by atoms with Crippen LogP contribution in [0.3, 0.4) is 0 Å². The van der Waals surface area contributed by atoms with Gasteiger partial charge in [0.1, 0.15) is 6.04 Å². The van der Waals surface area contributed by atoms with Gasteiger partial charge in [0.2, 0.25) is 0 Å². The smallest absolute Gasteiger partial charge is 0.231 e. The third-order valence-electron chi connectivity index (χ3n) is 4.88. The fraction of sp³-hybridized carbons (Fsp3) is 0.222. The molecule has 5 rings (SSSR count). The van der Waals surface area contributed by atoms with Crippen molar-refractivity contribution in [1.82, 2.24) is 9.78 Å². The Morgan fingerprint density at radius 2 is 1.95 bits per heavy atom. The van der Waals surface area contributed by atoms with Crippen LogP contribution < -0.4 is 4.57 Å². The van der Waals surface area contributed by atoms with E-state index in [0.717, 1.165) is 5.82 Å². The molecule has 1 atom stereocenters. The number of nitrogens with zero attached hydrogens (tertiary/aromatic N) is 3. The van der Waals surface area contributed by atoms with E-state index in [9.17, 15) is 0 Å². The van der Waals surface area contributed by atoms with Gasteiger partial charge in [0.05, 0.1) is 12.6 Å². The molecule has 22 heavy (non-hydrogen) atoms.